The van der Waals surface area contributed by atoms with Crippen molar-refractivity contribution in [3.8, 4) is 5.75 Å². The largest absolute Gasteiger partial charge is 0.493 e. The quantitative estimate of drug-likeness (QED) is 0.779. The Hall–Kier alpha value is -1.56. The predicted molar refractivity (Wildman–Crippen MR) is 105 cm³/mol. The van der Waals surface area contributed by atoms with Gasteiger partial charge in [0.05, 0.1) is 12.6 Å². The molecule has 0 bridgehead atoms. The van der Waals surface area contributed by atoms with E-state index in [2.05, 4.69) is 21.2 Å². The Labute approximate surface area is 162 Å². The number of para-hydroxylation sites is 1. The molecule has 0 aliphatic carbocycles. The van der Waals surface area contributed by atoms with Gasteiger partial charge in [0.15, 0.2) is 0 Å². The van der Waals surface area contributed by atoms with Gasteiger partial charge in [-0.05, 0) is 43.5 Å². The van der Waals surface area contributed by atoms with E-state index in [1.165, 1.54) is 0 Å². The molecular formula is C19H22BrClN2O2. The molecule has 134 valence electrons. The monoisotopic (exact) mass is 424 g/mol. The van der Waals surface area contributed by atoms with Crippen molar-refractivity contribution >= 4 is 34.2 Å². The third kappa shape index (κ3) is 4.35. The zero-order valence-electron chi connectivity index (χ0n) is 14.0. The van der Waals surface area contributed by atoms with Gasteiger partial charge in [-0.2, -0.15) is 0 Å². The van der Waals surface area contributed by atoms with Gasteiger partial charge in [-0.1, -0.05) is 46.3 Å². The van der Waals surface area contributed by atoms with Crippen molar-refractivity contribution < 1.29 is 9.53 Å². The van der Waals surface area contributed by atoms with Crippen LogP contribution in [0, 0.1) is 0 Å². The van der Waals surface area contributed by atoms with Crippen LogP contribution in [0.1, 0.15) is 36.9 Å². The van der Waals surface area contributed by atoms with Crippen molar-refractivity contribution in [1.29, 1.82) is 0 Å². The number of amides is 1. The summed E-state index contributed by atoms with van der Waals surface area (Å²) in [5.74, 6) is 0.647. The maximum atomic E-state index is 12.9. The van der Waals surface area contributed by atoms with Gasteiger partial charge in [-0.25, -0.2) is 0 Å². The molecule has 1 heterocycles. The third-order valence-corrected chi connectivity index (χ3v) is 4.94. The highest BCUT2D eigenvalue weighted by Gasteiger charge is 2.33. The van der Waals surface area contributed by atoms with Crippen LogP contribution in [-0.2, 0) is 10.3 Å². The van der Waals surface area contributed by atoms with Crippen molar-refractivity contribution in [2.75, 3.05) is 6.61 Å². The van der Waals surface area contributed by atoms with Crippen LogP contribution in [0.3, 0.4) is 0 Å². The number of carbonyl (C=O) groups is 1. The van der Waals surface area contributed by atoms with Crippen LogP contribution in [-0.4, -0.2) is 12.5 Å². The summed E-state index contributed by atoms with van der Waals surface area (Å²) in [4.78, 5) is 12.9. The fraction of sp³-hybridized carbons (Fsp3) is 0.316. The van der Waals surface area contributed by atoms with Crippen molar-refractivity contribution in [1.82, 2.24) is 5.32 Å². The van der Waals surface area contributed by atoms with E-state index in [0.717, 1.165) is 34.2 Å². The predicted octanol–water partition coefficient (Wildman–Crippen LogP) is 4.07. The number of ether oxygens (including phenoxy) is 1. The maximum Gasteiger partial charge on any atom is 0.244 e. The van der Waals surface area contributed by atoms with Gasteiger partial charge in [0, 0.05) is 10.0 Å². The summed E-state index contributed by atoms with van der Waals surface area (Å²) in [6, 6.07) is 15.3. The molecule has 0 saturated heterocycles. The summed E-state index contributed by atoms with van der Waals surface area (Å²) in [5, 5.41) is 3.11. The summed E-state index contributed by atoms with van der Waals surface area (Å²) < 4.78 is 6.71. The summed E-state index contributed by atoms with van der Waals surface area (Å²) >= 11 is 3.40. The van der Waals surface area contributed by atoms with Gasteiger partial charge in [-0.15, -0.1) is 12.4 Å². The van der Waals surface area contributed by atoms with Crippen LogP contribution in [0.2, 0.25) is 0 Å². The summed E-state index contributed by atoms with van der Waals surface area (Å²) in [6.07, 6.45) is 1.72. The highest BCUT2D eigenvalue weighted by Crippen LogP contribution is 2.32. The van der Waals surface area contributed by atoms with Gasteiger partial charge in [-0.3, -0.25) is 4.79 Å². The van der Waals surface area contributed by atoms with Crippen molar-refractivity contribution in [3.63, 3.8) is 0 Å². The SMILES string of the molecule is CC(N)(C(=O)NC1CCCOc2ccccc21)c1ccc(Br)cc1.Cl. The number of nitrogens with two attached hydrogens (primary N) is 1. The zero-order chi connectivity index (χ0) is 17.2. The molecule has 1 aliphatic heterocycles. The number of hydrogen-bond acceptors (Lipinski definition) is 3. The molecule has 0 spiro atoms. The van der Waals surface area contributed by atoms with E-state index in [1.807, 2.05) is 48.5 Å². The van der Waals surface area contributed by atoms with E-state index in [1.54, 1.807) is 6.92 Å². The molecule has 6 heteroatoms. The Bertz CT molecular complexity index is 734. The normalized spacial score (nSPS) is 18.6. The molecule has 3 N–H and O–H groups in total. The molecule has 2 atom stereocenters. The van der Waals surface area contributed by atoms with Gasteiger partial charge in [0.25, 0.3) is 0 Å². The number of fused-ring (bicyclic) bond motifs is 1. The van der Waals surface area contributed by atoms with Gasteiger partial charge >= 0.3 is 0 Å². The second-order valence-corrected chi connectivity index (χ2v) is 7.18. The van der Waals surface area contributed by atoms with E-state index < -0.39 is 5.54 Å². The summed E-state index contributed by atoms with van der Waals surface area (Å²) in [6.45, 7) is 2.40. The molecule has 0 aromatic heterocycles. The molecule has 2 aromatic rings. The smallest absolute Gasteiger partial charge is 0.244 e. The Morgan fingerprint density at radius 1 is 1.24 bits per heavy atom. The fourth-order valence-electron chi connectivity index (χ4n) is 2.91. The number of nitrogens with one attached hydrogen (secondary N) is 1. The average Bonchev–Trinajstić information content (AvgIpc) is 2.78. The molecule has 0 saturated carbocycles. The lowest BCUT2D eigenvalue weighted by Gasteiger charge is -2.28. The molecule has 0 radical (unpaired) electrons. The second-order valence-electron chi connectivity index (χ2n) is 6.26. The maximum absolute atomic E-state index is 12.9. The first-order valence-corrected chi connectivity index (χ1v) is 8.85. The standard InChI is InChI=1S/C19H21BrN2O2.ClH/c1-19(21,13-8-10-14(20)11-9-13)18(23)22-16-6-4-12-24-17-7-3-2-5-15(16)17;/h2-3,5,7-11,16H,4,6,12,21H2,1H3,(H,22,23);1H. The van der Waals surface area contributed by atoms with E-state index in [9.17, 15) is 4.79 Å². The van der Waals surface area contributed by atoms with Crippen LogP contribution in [0.25, 0.3) is 0 Å². The van der Waals surface area contributed by atoms with Crippen molar-refractivity contribution in [3.05, 3.63) is 64.1 Å². The Morgan fingerprint density at radius 2 is 1.92 bits per heavy atom. The first-order chi connectivity index (χ1) is 11.5. The van der Waals surface area contributed by atoms with E-state index in [-0.39, 0.29) is 24.4 Å². The summed E-state index contributed by atoms with van der Waals surface area (Å²) in [7, 11) is 0. The lowest BCUT2D eigenvalue weighted by Crippen LogP contribution is -2.49. The topological polar surface area (TPSA) is 64.4 Å². The minimum Gasteiger partial charge on any atom is -0.493 e. The molecule has 0 fully saturated rings. The van der Waals surface area contributed by atoms with Crippen molar-refractivity contribution in [2.24, 2.45) is 5.73 Å². The average molecular weight is 426 g/mol. The highest BCUT2D eigenvalue weighted by molar-refractivity contribution is 9.10. The van der Waals surface area contributed by atoms with Crippen LogP contribution < -0.4 is 15.8 Å². The van der Waals surface area contributed by atoms with Gasteiger partial charge in [0.1, 0.15) is 11.3 Å². The lowest BCUT2D eigenvalue weighted by atomic mass is 9.91. The Kier molecular flexibility index (Phi) is 6.49. The van der Waals surface area contributed by atoms with Gasteiger partial charge in [0.2, 0.25) is 5.91 Å². The Balaban J connectivity index is 0.00000225. The summed E-state index contributed by atoms with van der Waals surface area (Å²) in [5.41, 5.74) is 7.04. The lowest BCUT2D eigenvalue weighted by molar-refractivity contribution is -0.126. The number of rotatable bonds is 3. The number of halogens is 2. The molecule has 4 nitrogen and oxygen atoms in total. The van der Waals surface area contributed by atoms with E-state index in [4.69, 9.17) is 10.5 Å². The molecule has 2 aromatic carbocycles. The number of carbonyl (C=O) groups excluding carboxylic acids is 1. The molecule has 1 aliphatic rings. The second kappa shape index (κ2) is 8.21. The van der Waals surface area contributed by atoms with Gasteiger partial charge < -0.3 is 15.8 Å². The molecule has 2 unspecified atom stereocenters. The highest BCUT2D eigenvalue weighted by atomic mass is 79.9. The Morgan fingerprint density at radius 3 is 2.64 bits per heavy atom. The molecule has 1 amide bonds. The minimum absolute atomic E-state index is 0. The molecular weight excluding hydrogens is 404 g/mol. The van der Waals surface area contributed by atoms with E-state index in [0.29, 0.717) is 6.61 Å². The van der Waals surface area contributed by atoms with Crippen LogP contribution in [0.4, 0.5) is 0 Å². The molecule has 3 rings (SSSR count). The van der Waals surface area contributed by atoms with Crippen LogP contribution >= 0.6 is 28.3 Å². The minimum atomic E-state index is -1.09. The van der Waals surface area contributed by atoms with Crippen molar-refractivity contribution in [2.45, 2.75) is 31.3 Å². The number of benzene rings is 2. The number of hydrogen-bond donors (Lipinski definition) is 2. The van der Waals surface area contributed by atoms with E-state index >= 15 is 0 Å². The first kappa shape index (κ1) is 19.8. The van der Waals surface area contributed by atoms with Crippen LogP contribution in [0.15, 0.2) is 53.0 Å². The first-order valence-electron chi connectivity index (χ1n) is 8.06. The zero-order valence-corrected chi connectivity index (χ0v) is 16.4. The third-order valence-electron chi connectivity index (χ3n) is 4.41. The fourth-order valence-corrected chi connectivity index (χ4v) is 3.17. The molecule has 25 heavy (non-hydrogen) atoms. The van der Waals surface area contributed by atoms with Crippen LogP contribution in [0.5, 0.6) is 5.75 Å².